The Kier molecular flexibility index (Phi) is 8.31. The molecule has 2 aliphatic carbocycles. The van der Waals surface area contributed by atoms with Crippen molar-refractivity contribution in [1.82, 2.24) is 20.2 Å². The molecule has 1 amide bonds. The van der Waals surface area contributed by atoms with E-state index in [0.717, 1.165) is 52.9 Å². The van der Waals surface area contributed by atoms with E-state index in [1.54, 1.807) is 6.07 Å². The topological polar surface area (TPSA) is 103 Å². The molecule has 0 spiro atoms. The van der Waals surface area contributed by atoms with Gasteiger partial charge in [0.05, 0.1) is 22.7 Å². The predicted octanol–water partition coefficient (Wildman–Crippen LogP) is 5.98. The van der Waals surface area contributed by atoms with Gasteiger partial charge in [0.1, 0.15) is 0 Å². The first kappa shape index (κ1) is 29.3. The Morgan fingerprint density at radius 3 is 2.54 bits per heavy atom. The van der Waals surface area contributed by atoms with Crippen molar-refractivity contribution in [1.29, 1.82) is 5.26 Å². The number of benzene rings is 1. The number of nitrogens with one attached hydrogen (secondary N) is 3. The minimum Gasteiger partial charge on any atom is -0.348 e. The average molecular weight is 582 g/mol. The molecule has 0 saturated heterocycles. The molecule has 0 radical (unpaired) electrons. The lowest BCUT2D eigenvalue weighted by Crippen LogP contribution is -2.52. The van der Waals surface area contributed by atoms with Gasteiger partial charge < -0.3 is 20.2 Å². The number of thioether (sulfide) groups is 1. The van der Waals surface area contributed by atoms with Crippen molar-refractivity contribution < 1.29 is 13.6 Å². The molecule has 3 aromatic rings. The van der Waals surface area contributed by atoms with E-state index in [9.17, 15) is 23.6 Å². The molecule has 2 saturated carbocycles. The number of nitriles is 1. The fourth-order valence-corrected chi connectivity index (χ4v) is 7.41. The normalized spacial score (nSPS) is 21.3. The maximum atomic E-state index is 13.7. The molecule has 1 atom stereocenters. The highest BCUT2D eigenvalue weighted by Gasteiger charge is 2.46. The summed E-state index contributed by atoms with van der Waals surface area (Å²) in [4.78, 5) is 29.9. The number of H-pyrrole nitrogens is 1. The standard InChI is InChI=1S/C31H37F2N5O2S/c1-17-11-27(41-4)25(29(39)36-17)16-35-30(40)28-19(3)38(26-12-20(15-34)5-10-24(26)28)18(2)21-6-8-22(9-7-21)37-23-13-31(32,33)14-23/h5,10-12,18,21-23,37H,6-9,13-14,16H2,1-4H3,(H,35,40)(H,36,39). The van der Waals surface area contributed by atoms with Crippen molar-refractivity contribution in [2.24, 2.45) is 5.92 Å². The third kappa shape index (κ3) is 5.93. The van der Waals surface area contributed by atoms with E-state index in [4.69, 9.17) is 0 Å². The van der Waals surface area contributed by atoms with E-state index in [2.05, 4.69) is 33.2 Å². The molecule has 5 rings (SSSR count). The van der Waals surface area contributed by atoms with Crippen molar-refractivity contribution in [2.75, 3.05) is 6.26 Å². The molecule has 0 aliphatic heterocycles. The van der Waals surface area contributed by atoms with Gasteiger partial charge >= 0.3 is 0 Å². The molecule has 10 heteroatoms. The molecule has 3 N–H and O–H groups in total. The number of aryl methyl sites for hydroxylation is 1. The molecule has 2 fully saturated rings. The van der Waals surface area contributed by atoms with Crippen LogP contribution in [-0.4, -0.2) is 39.7 Å². The molecular weight excluding hydrogens is 544 g/mol. The molecule has 2 aromatic heterocycles. The number of aromatic nitrogens is 2. The summed E-state index contributed by atoms with van der Waals surface area (Å²) in [5.41, 5.74) is 3.81. The smallest absolute Gasteiger partial charge is 0.254 e. The lowest BCUT2D eigenvalue weighted by atomic mass is 9.80. The second-order valence-corrected chi connectivity index (χ2v) is 12.5. The summed E-state index contributed by atoms with van der Waals surface area (Å²) in [5, 5.41) is 16.8. The Morgan fingerprint density at radius 2 is 1.90 bits per heavy atom. The van der Waals surface area contributed by atoms with Crippen LogP contribution in [-0.2, 0) is 6.54 Å². The third-order valence-corrected chi connectivity index (χ3v) is 9.71. The second kappa shape index (κ2) is 11.6. The van der Waals surface area contributed by atoms with Gasteiger partial charge in [0.15, 0.2) is 0 Å². The predicted molar refractivity (Wildman–Crippen MR) is 158 cm³/mol. The molecule has 1 unspecified atom stereocenters. The van der Waals surface area contributed by atoms with Crippen LogP contribution in [0.3, 0.4) is 0 Å². The lowest BCUT2D eigenvalue weighted by molar-refractivity contribution is -0.0957. The molecule has 0 bridgehead atoms. The monoisotopic (exact) mass is 581 g/mol. The van der Waals surface area contributed by atoms with Crippen LogP contribution in [0.15, 0.2) is 34.0 Å². The molecule has 218 valence electrons. The van der Waals surface area contributed by atoms with Gasteiger partial charge in [-0.1, -0.05) is 6.07 Å². The van der Waals surface area contributed by atoms with Gasteiger partial charge in [0.2, 0.25) is 0 Å². The highest BCUT2D eigenvalue weighted by Crippen LogP contribution is 2.41. The number of pyridine rings is 1. The van der Waals surface area contributed by atoms with Crippen molar-refractivity contribution >= 4 is 28.6 Å². The number of carbonyl (C=O) groups is 1. The summed E-state index contributed by atoms with van der Waals surface area (Å²) >= 11 is 1.47. The van der Waals surface area contributed by atoms with Crippen LogP contribution in [0.1, 0.15) is 84.4 Å². The van der Waals surface area contributed by atoms with E-state index < -0.39 is 5.92 Å². The van der Waals surface area contributed by atoms with Gasteiger partial charge in [-0.05, 0) is 76.8 Å². The number of rotatable bonds is 8. The minimum absolute atomic E-state index is 0.0686. The Hall–Kier alpha value is -3.16. The fourth-order valence-electron chi connectivity index (χ4n) is 6.70. The summed E-state index contributed by atoms with van der Waals surface area (Å²) in [6.07, 6.45) is 5.52. The van der Waals surface area contributed by atoms with Crippen LogP contribution in [0.2, 0.25) is 0 Å². The first-order valence-electron chi connectivity index (χ1n) is 14.2. The van der Waals surface area contributed by atoms with E-state index in [1.165, 1.54) is 11.8 Å². The van der Waals surface area contributed by atoms with Crippen molar-refractivity contribution in [2.45, 2.75) is 94.8 Å². The van der Waals surface area contributed by atoms with Crippen LogP contribution in [0, 0.1) is 31.1 Å². The number of carbonyl (C=O) groups excluding carboxylic acids is 1. The van der Waals surface area contributed by atoms with Gasteiger partial charge in [-0.3, -0.25) is 9.59 Å². The van der Waals surface area contributed by atoms with Crippen LogP contribution in [0.4, 0.5) is 8.78 Å². The first-order valence-corrected chi connectivity index (χ1v) is 15.5. The zero-order valence-electron chi connectivity index (χ0n) is 23.9. The molecule has 7 nitrogen and oxygen atoms in total. The molecule has 1 aromatic carbocycles. The van der Waals surface area contributed by atoms with E-state index in [1.807, 2.05) is 38.3 Å². The maximum Gasteiger partial charge on any atom is 0.254 e. The third-order valence-electron chi connectivity index (χ3n) is 8.90. The van der Waals surface area contributed by atoms with Crippen LogP contribution >= 0.6 is 11.8 Å². The fraction of sp³-hybridized carbons (Fsp3) is 0.516. The summed E-state index contributed by atoms with van der Waals surface area (Å²) in [5.74, 6) is -2.43. The van der Waals surface area contributed by atoms with Crippen LogP contribution < -0.4 is 16.2 Å². The van der Waals surface area contributed by atoms with Gasteiger partial charge in [-0.15, -0.1) is 11.8 Å². The number of hydrogen-bond donors (Lipinski definition) is 3. The van der Waals surface area contributed by atoms with Crippen LogP contribution in [0.25, 0.3) is 10.9 Å². The average Bonchev–Trinajstić information content (AvgIpc) is 3.21. The highest BCUT2D eigenvalue weighted by atomic mass is 32.2. The number of alkyl halides is 2. The summed E-state index contributed by atoms with van der Waals surface area (Å²) in [6.45, 7) is 6.03. The van der Waals surface area contributed by atoms with Crippen molar-refractivity contribution in [3.8, 4) is 6.07 Å². The Balaban J connectivity index is 1.37. The number of hydrogen-bond acceptors (Lipinski definition) is 5. The second-order valence-electron chi connectivity index (χ2n) is 11.7. The van der Waals surface area contributed by atoms with Gasteiger partial charge in [0, 0.05) is 64.7 Å². The lowest BCUT2D eigenvalue weighted by Gasteiger charge is -2.41. The summed E-state index contributed by atoms with van der Waals surface area (Å²) in [7, 11) is 0. The Morgan fingerprint density at radius 1 is 1.20 bits per heavy atom. The molecule has 41 heavy (non-hydrogen) atoms. The zero-order valence-corrected chi connectivity index (χ0v) is 24.8. The molecule has 2 heterocycles. The minimum atomic E-state index is -2.52. The highest BCUT2D eigenvalue weighted by molar-refractivity contribution is 7.98. The van der Waals surface area contributed by atoms with Gasteiger partial charge in [0.25, 0.3) is 17.4 Å². The quantitative estimate of drug-likeness (QED) is 0.284. The number of nitrogens with zero attached hydrogens (tertiary/aromatic N) is 2. The van der Waals surface area contributed by atoms with Crippen LogP contribution in [0.5, 0.6) is 0 Å². The molecular formula is C31H37F2N5O2S. The van der Waals surface area contributed by atoms with E-state index in [-0.39, 0.29) is 49.0 Å². The number of amides is 1. The number of halogens is 2. The summed E-state index contributed by atoms with van der Waals surface area (Å²) < 4.78 is 28.7. The SMILES string of the molecule is CSc1cc(C)[nH]c(=O)c1CNC(=O)c1c(C)n(C(C)C2CCC(NC3CC(F)(F)C3)CC2)c2cc(C#N)ccc12. The van der Waals surface area contributed by atoms with E-state index >= 15 is 0 Å². The Bertz CT molecular complexity index is 1560. The molecule has 2 aliphatic rings. The van der Waals surface area contributed by atoms with Crippen molar-refractivity contribution in [3.63, 3.8) is 0 Å². The summed E-state index contributed by atoms with van der Waals surface area (Å²) in [6, 6.07) is 9.76. The number of aromatic amines is 1. The largest absolute Gasteiger partial charge is 0.348 e. The van der Waals surface area contributed by atoms with E-state index in [0.29, 0.717) is 22.6 Å². The first-order chi connectivity index (χ1) is 19.5. The maximum absolute atomic E-state index is 13.7. The zero-order chi connectivity index (χ0) is 29.5. The number of fused-ring (bicyclic) bond motifs is 1. The van der Waals surface area contributed by atoms with Crippen molar-refractivity contribution in [3.05, 3.63) is 62.7 Å². The van der Waals surface area contributed by atoms with Gasteiger partial charge in [-0.25, -0.2) is 8.78 Å². The Labute approximate surface area is 243 Å². The van der Waals surface area contributed by atoms with Gasteiger partial charge in [-0.2, -0.15) is 5.26 Å².